The Morgan fingerprint density at radius 2 is 1.59 bits per heavy atom. The zero-order valence-electron chi connectivity index (χ0n) is 38.4. The molecule has 0 radical (unpaired) electrons. The van der Waals surface area contributed by atoms with Gasteiger partial charge in [0.15, 0.2) is 18.7 Å². The molecule has 59 heavy (non-hydrogen) atoms. The smallest absolute Gasteiger partial charge is 0.311 e. The highest BCUT2D eigenvalue weighted by Crippen LogP contribution is 2.41. The highest BCUT2D eigenvalue weighted by atomic mass is 16.7. The van der Waals surface area contributed by atoms with Gasteiger partial charge in [-0.25, -0.2) is 0 Å². The fraction of sp³-hybridized carbons (Fsp3) is 0.930. The first-order valence-corrected chi connectivity index (χ1v) is 21.6. The SMILES string of the molecule is CCCCO/N=C1/[C@H](C)C[C@](C)(O)[C@H](O[C@@H]2O[C@H](C)C[C@H](N(C)C)[C@H]2O)[C@@H](C)[C@H](O[C@H]2C[C@@](C)(OC)[C@@H](OC(C)=O)[C@H](C)O2)[C@@H](C)C(=O)O[C@H](CC)[C@@](C)(O)[C@H](O)[C@H]1C. The van der Waals surface area contributed by atoms with Gasteiger partial charge in [-0.05, 0) is 81.3 Å². The standard InChI is InChI=1S/C43H78N2O14/c1-16-18-19-53-44-33-23(3)21-41(10,50)37(59-40-34(47)30(45(13)14)20-24(4)54-40)26(6)35(27(7)39(49)57-31(17-2)43(12,51)36(48)25(33)5)58-32-22-42(11,52-15)38(28(8)55-32)56-29(9)46/h23-28,30-32,34-38,40,47-48,50-51H,16-22H2,1-15H3/b44-33-/t23-,24-,25+,26+,27-,28+,30+,31-,32+,34-,35+,36-,37-,38+,40+,41+,42-,43-/m1/s1. The molecule has 0 aromatic carbocycles. The van der Waals surface area contributed by atoms with E-state index in [2.05, 4.69) is 5.16 Å². The number of methoxy groups -OCH3 is 1. The van der Waals surface area contributed by atoms with Crippen molar-refractivity contribution in [1.82, 2.24) is 4.90 Å². The molecule has 3 heterocycles. The molecule has 0 bridgehead atoms. The number of carbonyl (C=O) groups excluding carboxylic acids is 2. The predicted octanol–water partition coefficient (Wildman–Crippen LogP) is 3.96. The second-order valence-corrected chi connectivity index (χ2v) is 18.4. The van der Waals surface area contributed by atoms with E-state index >= 15 is 0 Å². The lowest BCUT2D eigenvalue weighted by atomic mass is 9.73. The quantitative estimate of drug-likeness (QED) is 0.125. The summed E-state index contributed by atoms with van der Waals surface area (Å²) in [6.45, 7) is 20.9. The maximum absolute atomic E-state index is 14.4. The summed E-state index contributed by atoms with van der Waals surface area (Å²) in [4.78, 5) is 34.2. The Morgan fingerprint density at radius 1 is 0.949 bits per heavy atom. The number of aliphatic hydroxyl groups is 4. The van der Waals surface area contributed by atoms with Crippen LogP contribution in [0.15, 0.2) is 5.16 Å². The van der Waals surface area contributed by atoms with Gasteiger partial charge in [0.2, 0.25) is 0 Å². The fourth-order valence-electron chi connectivity index (χ4n) is 9.31. The molecule has 3 fully saturated rings. The fourth-order valence-corrected chi connectivity index (χ4v) is 9.31. The van der Waals surface area contributed by atoms with E-state index in [-0.39, 0.29) is 31.4 Å². The number of hydrogen-bond donors (Lipinski definition) is 4. The van der Waals surface area contributed by atoms with E-state index in [4.69, 9.17) is 38.0 Å². The Morgan fingerprint density at radius 3 is 2.15 bits per heavy atom. The predicted molar refractivity (Wildman–Crippen MR) is 219 cm³/mol. The third kappa shape index (κ3) is 12.4. The van der Waals surface area contributed by atoms with Crippen LogP contribution in [0.25, 0.3) is 0 Å². The summed E-state index contributed by atoms with van der Waals surface area (Å²) in [6, 6.07) is -0.323. The van der Waals surface area contributed by atoms with Crippen LogP contribution in [0, 0.1) is 23.7 Å². The van der Waals surface area contributed by atoms with Gasteiger partial charge < -0.3 is 63.3 Å². The van der Waals surface area contributed by atoms with E-state index < -0.39 is 108 Å². The second kappa shape index (κ2) is 21.4. The number of oxime groups is 1. The Balaban J connectivity index is 2.25. The molecule has 4 N–H and O–H groups in total. The molecule has 3 rings (SSSR count). The number of likely N-dealkylation sites (N-methyl/N-ethyl adjacent to an activating group) is 1. The van der Waals surface area contributed by atoms with Gasteiger partial charge in [-0.1, -0.05) is 46.2 Å². The van der Waals surface area contributed by atoms with E-state index in [9.17, 15) is 30.0 Å². The molecular weight excluding hydrogens is 768 g/mol. The first-order chi connectivity index (χ1) is 27.4. The van der Waals surface area contributed by atoms with Crippen molar-refractivity contribution in [3.8, 4) is 0 Å². The minimum atomic E-state index is -1.93. The van der Waals surface area contributed by atoms with Gasteiger partial charge in [0, 0.05) is 44.2 Å². The van der Waals surface area contributed by atoms with E-state index in [0.717, 1.165) is 12.8 Å². The highest BCUT2D eigenvalue weighted by Gasteiger charge is 2.54. The molecule has 16 heteroatoms. The largest absolute Gasteiger partial charge is 0.459 e. The number of aliphatic hydroxyl groups excluding tert-OH is 2. The second-order valence-electron chi connectivity index (χ2n) is 18.4. The maximum Gasteiger partial charge on any atom is 0.311 e. The Kier molecular flexibility index (Phi) is 18.6. The topological polar surface area (TPSA) is 204 Å². The van der Waals surface area contributed by atoms with Crippen molar-refractivity contribution in [2.75, 3.05) is 27.8 Å². The van der Waals surface area contributed by atoms with Crippen molar-refractivity contribution < 1.29 is 68.0 Å². The van der Waals surface area contributed by atoms with Crippen molar-refractivity contribution in [3.05, 3.63) is 0 Å². The van der Waals surface area contributed by atoms with Crippen molar-refractivity contribution >= 4 is 17.7 Å². The van der Waals surface area contributed by atoms with Crippen molar-refractivity contribution in [1.29, 1.82) is 0 Å². The zero-order chi connectivity index (χ0) is 44.8. The molecule has 0 unspecified atom stereocenters. The summed E-state index contributed by atoms with van der Waals surface area (Å²) >= 11 is 0. The summed E-state index contributed by atoms with van der Waals surface area (Å²) in [5.74, 6) is -4.50. The Bertz CT molecular complexity index is 1380. The molecule has 344 valence electrons. The van der Waals surface area contributed by atoms with Crippen LogP contribution >= 0.6 is 0 Å². The minimum Gasteiger partial charge on any atom is -0.459 e. The lowest BCUT2D eigenvalue weighted by Gasteiger charge is -2.49. The Hall–Kier alpha value is -1.99. The van der Waals surface area contributed by atoms with E-state index in [1.54, 1.807) is 48.5 Å². The van der Waals surface area contributed by atoms with Crippen molar-refractivity contribution in [2.24, 2.45) is 28.8 Å². The van der Waals surface area contributed by atoms with Crippen molar-refractivity contribution in [3.63, 3.8) is 0 Å². The maximum atomic E-state index is 14.4. The molecule has 16 nitrogen and oxygen atoms in total. The average Bonchev–Trinajstić information content (AvgIpc) is 3.15. The van der Waals surface area contributed by atoms with Crippen LogP contribution in [0.2, 0.25) is 0 Å². The third-order valence-electron chi connectivity index (χ3n) is 12.9. The number of hydrogen-bond acceptors (Lipinski definition) is 16. The minimum absolute atomic E-state index is 0.0121. The van der Waals surface area contributed by atoms with Crippen molar-refractivity contribution in [2.45, 2.75) is 206 Å². The van der Waals surface area contributed by atoms with Gasteiger partial charge in [-0.2, -0.15) is 0 Å². The van der Waals surface area contributed by atoms with Crippen LogP contribution in [0.5, 0.6) is 0 Å². The zero-order valence-corrected chi connectivity index (χ0v) is 38.4. The van der Waals surface area contributed by atoms with Crippen LogP contribution < -0.4 is 0 Å². The van der Waals surface area contributed by atoms with Crippen LogP contribution in [0.3, 0.4) is 0 Å². The normalized spacial score (nSPS) is 45.1. The molecule has 0 aromatic heterocycles. The number of cyclic esters (lactones) is 1. The van der Waals surface area contributed by atoms with Gasteiger partial charge >= 0.3 is 11.9 Å². The van der Waals surface area contributed by atoms with E-state index in [1.165, 1.54) is 21.0 Å². The molecular formula is C43H78N2O14. The van der Waals surface area contributed by atoms with Crippen LogP contribution in [-0.4, -0.2) is 155 Å². The number of unbranched alkanes of at least 4 members (excludes halogenated alkanes) is 1. The third-order valence-corrected chi connectivity index (χ3v) is 12.9. The van der Waals surface area contributed by atoms with Crippen LogP contribution in [0.4, 0.5) is 0 Å². The molecule has 0 saturated carbocycles. The molecule has 0 spiro atoms. The molecule has 3 saturated heterocycles. The molecule has 0 aliphatic carbocycles. The van der Waals surface area contributed by atoms with E-state index in [0.29, 0.717) is 18.7 Å². The molecule has 0 amide bonds. The number of esters is 2. The first-order valence-electron chi connectivity index (χ1n) is 21.6. The summed E-state index contributed by atoms with van der Waals surface area (Å²) in [6.07, 6.45) is -7.51. The lowest BCUT2D eigenvalue weighted by molar-refractivity contribution is -0.318. The number of nitrogens with zero attached hydrogens (tertiary/aromatic N) is 2. The van der Waals surface area contributed by atoms with Gasteiger partial charge in [0.05, 0.1) is 47.8 Å². The first kappa shape index (κ1) is 51.4. The van der Waals surface area contributed by atoms with Gasteiger partial charge in [-0.15, -0.1) is 0 Å². The van der Waals surface area contributed by atoms with Crippen LogP contribution in [0.1, 0.15) is 122 Å². The van der Waals surface area contributed by atoms with Gasteiger partial charge in [0.25, 0.3) is 0 Å². The molecule has 3 aliphatic rings. The summed E-state index contributed by atoms with van der Waals surface area (Å²) in [7, 11) is 5.24. The summed E-state index contributed by atoms with van der Waals surface area (Å²) in [5.41, 5.74) is -4.34. The summed E-state index contributed by atoms with van der Waals surface area (Å²) < 4.78 is 43.8. The number of rotatable bonds is 12. The lowest BCUT2D eigenvalue weighted by Crippen LogP contribution is -2.61. The Labute approximate surface area is 352 Å². The molecule has 18 atom stereocenters. The average molecular weight is 847 g/mol. The molecule has 3 aliphatic heterocycles. The number of ether oxygens (including phenoxy) is 7. The van der Waals surface area contributed by atoms with Gasteiger partial charge in [0.1, 0.15) is 30.0 Å². The summed E-state index contributed by atoms with van der Waals surface area (Å²) in [5, 5.41) is 52.8. The monoisotopic (exact) mass is 847 g/mol. The number of carbonyl (C=O) groups is 2. The molecule has 0 aromatic rings. The van der Waals surface area contributed by atoms with Crippen LogP contribution in [-0.2, 0) is 47.6 Å². The van der Waals surface area contributed by atoms with Gasteiger partial charge in [-0.3, -0.25) is 9.59 Å². The van der Waals surface area contributed by atoms with E-state index in [1.807, 2.05) is 39.8 Å². The highest BCUT2D eigenvalue weighted by molar-refractivity contribution is 5.88.